The van der Waals surface area contributed by atoms with Gasteiger partial charge in [-0.05, 0) is 56.9 Å². The standard InChI is InChI=1S/C17H20ClN3/c1-10-7-11(2)9-14(8-10)21(4)17-12(3)15(18)19-16(20-17)13-5-6-13/h7-9,13H,5-6H2,1-4H3. The van der Waals surface area contributed by atoms with Crippen LogP contribution in [0, 0.1) is 20.8 Å². The number of aryl methyl sites for hydroxylation is 2. The summed E-state index contributed by atoms with van der Waals surface area (Å²) in [5, 5.41) is 0.568. The molecule has 0 saturated heterocycles. The summed E-state index contributed by atoms with van der Waals surface area (Å²) in [6.45, 7) is 6.20. The first-order chi connectivity index (χ1) is 9.95. The maximum absolute atomic E-state index is 6.31. The molecule has 0 aliphatic heterocycles. The van der Waals surface area contributed by atoms with Gasteiger partial charge >= 0.3 is 0 Å². The van der Waals surface area contributed by atoms with Crippen LogP contribution in [0.4, 0.5) is 11.5 Å². The smallest absolute Gasteiger partial charge is 0.140 e. The van der Waals surface area contributed by atoms with Crippen LogP contribution in [0.25, 0.3) is 0 Å². The van der Waals surface area contributed by atoms with E-state index < -0.39 is 0 Å². The molecular formula is C17H20ClN3. The highest BCUT2D eigenvalue weighted by molar-refractivity contribution is 6.30. The molecule has 0 radical (unpaired) electrons. The van der Waals surface area contributed by atoms with Gasteiger partial charge < -0.3 is 4.90 Å². The van der Waals surface area contributed by atoms with E-state index >= 15 is 0 Å². The molecule has 0 atom stereocenters. The molecule has 1 saturated carbocycles. The molecule has 110 valence electrons. The Bertz CT molecular complexity index is 672. The van der Waals surface area contributed by atoms with E-state index in [0.717, 1.165) is 22.9 Å². The number of halogens is 1. The van der Waals surface area contributed by atoms with Gasteiger partial charge in [0.05, 0.1) is 0 Å². The van der Waals surface area contributed by atoms with Gasteiger partial charge in [0.2, 0.25) is 0 Å². The maximum Gasteiger partial charge on any atom is 0.140 e. The SMILES string of the molecule is Cc1cc(C)cc(N(C)c2nc(C3CC3)nc(Cl)c2C)c1. The van der Waals surface area contributed by atoms with Crippen LogP contribution in [0.1, 0.15) is 41.3 Å². The van der Waals surface area contributed by atoms with Crippen molar-refractivity contribution in [1.82, 2.24) is 9.97 Å². The van der Waals surface area contributed by atoms with Crippen molar-refractivity contribution in [2.24, 2.45) is 0 Å². The molecule has 0 amide bonds. The number of rotatable bonds is 3. The normalized spacial score (nSPS) is 14.3. The van der Waals surface area contributed by atoms with Crippen molar-refractivity contribution in [2.75, 3.05) is 11.9 Å². The molecule has 4 heteroatoms. The van der Waals surface area contributed by atoms with Crippen LogP contribution >= 0.6 is 11.6 Å². The number of hydrogen-bond acceptors (Lipinski definition) is 3. The van der Waals surface area contributed by atoms with Gasteiger partial charge in [0.15, 0.2) is 0 Å². The number of aromatic nitrogens is 2. The summed E-state index contributed by atoms with van der Waals surface area (Å²) in [7, 11) is 2.04. The number of benzene rings is 1. The third-order valence-electron chi connectivity index (χ3n) is 3.93. The van der Waals surface area contributed by atoms with Crippen LogP contribution in [0.5, 0.6) is 0 Å². The van der Waals surface area contributed by atoms with Gasteiger partial charge in [0.1, 0.15) is 16.8 Å². The average molecular weight is 302 g/mol. The van der Waals surface area contributed by atoms with Crippen LogP contribution in [0.2, 0.25) is 5.15 Å². The first kappa shape index (κ1) is 14.3. The Morgan fingerprint density at radius 1 is 1.05 bits per heavy atom. The Balaban J connectivity index is 2.05. The molecule has 1 aromatic heterocycles. The molecule has 1 heterocycles. The van der Waals surface area contributed by atoms with Crippen molar-refractivity contribution in [3.8, 4) is 0 Å². The van der Waals surface area contributed by atoms with Gasteiger partial charge in [0, 0.05) is 24.2 Å². The molecule has 3 rings (SSSR count). The Labute approximate surface area is 131 Å². The van der Waals surface area contributed by atoms with E-state index in [1.165, 1.54) is 24.0 Å². The van der Waals surface area contributed by atoms with Crippen molar-refractivity contribution < 1.29 is 0 Å². The third kappa shape index (κ3) is 2.88. The predicted molar refractivity (Wildman–Crippen MR) is 87.7 cm³/mol. The summed E-state index contributed by atoms with van der Waals surface area (Å²) in [6.07, 6.45) is 2.35. The molecule has 21 heavy (non-hydrogen) atoms. The quantitative estimate of drug-likeness (QED) is 0.769. The van der Waals surface area contributed by atoms with Crippen molar-refractivity contribution in [2.45, 2.75) is 39.5 Å². The van der Waals surface area contributed by atoms with Crippen molar-refractivity contribution in [3.05, 3.63) is 45.9 Å². The predicted octanol–water partition coefficient (Wildman–Crippen LogP) is 4.70. The zero-order valence-corrected chi connectivity index (χ0v) is 13.7. The number of anilines is 2. The molecule has 1 aliphatic rings. The highest BCUT2D eigenvalue weighted by atomic mass is 35.5. The molecule has 1 aromatic carbocycles. The molecule has 0 bridgehead atoms. The monoisotopic (exact) mass is 301 g/mol. The molecule has 2 aromatic rings. The number of nitrogens with zero attached hydrogens (tertiary/aromatic N) is 3. The fourth-order valence-electron chi connectivity index (χ4n) is 2.61. The van der Waals surface area contributed by atoms with Crippen LogP contribution in [-0.2, 0) is 0 Å². The second kappa shape index (κ2) is 5.30. The topological polar surface area (TPSA) is 29.0 Å². The Morgan fingerprint density at radius 2 is 1.67 bits per heavy atom. The second-order valence-electron chi connectivity index (χ2n) is 6.00. The second-order valence-corrected chi connectivity index (χ2v) is 6.36. The van der Waals surface area contributed by atoms with Crippen molar-refractivity contribution >= 4 is 23.1 Å². The molecule has 0 unspecified atom stereocenters. The summed E-state index contributed by atoms with van der Waals surface area (Å²) in [4.78, 5) is 11.3. The lowest BCUT2D eigenvalue weighted by Gasteiger charge is -2.22. The lowest BCUT2D eigenvalue weighted by Crippen LogP contribution is -2.15. The fraction of sp³-hybridized carbons (Fsp3) is 0.412. The Morgan fingerprint density at radius 3 is 2.24 bits per heavy atom. The van der Waals surface area contributed by atoms with E-state index in [-0.39, 0.29) is 0 Å². The van der Waals surface area contributed by atoms with Gasteiger partial charge in [0.25, 0.3) is 0 Å². The van der Waals surface area contributed by atoms with E-state index in [2.05, 4.69) is 41.9 Å². The van der Waals surface area contributed by atoms with E-state index in [9.17, 15) is 0 Å². The minimum atomic E-state index is 0.495. The summed E-state index contributed by atoms with van der Waals surface area (Å²) in [5.41, 5.74) is 4.56. The molecule has 1 fully saturated rings. The van der Waals surface area contributed by atoms with Crippen LogP contribution in [-0.4, -0.2) is 17.0 Å². The highest BCUT2D eigenvalue weighted by Crippen LogP contribution is 2.40. The summed E-state index contributed by atoms with van der Waals surface area (Å²) < 4.78 is 0. The number of hydrogen-bond donors (Lipinski definition) is 0. The molecule has 0 N–H and O–H groups in total. The fourth-order valence-corrected chi connectivity index (χ4v) is 2.78. The first-order valence-electron chi connectivity index (χ1n) is 7.32. The van der Waals surface area contributed by atoms with Gasteiger partial charge in [-0.25, -0.2) is 9.97 Å². The minimum absolute atomic E-state index is 0.495. The average Bonchev–Trinajstić information content (AvgIpc) is 3.24. The first-order valence-corrected chi connectivity index (χ1v) is 7.69. The maximum atomic E-state index is 6.31. The lowest BCUT2D eigenvalue weighted by molar-refractivity contribution is 0.904. The molecule has 3 nitrogen and oxygen atoms in total. The Kier molecular flexibility index (Phi) is 3.62. The molecule has 1 aliphatic carbocycles. The van der Waals surface area contributed by atoms with Gasteiger partial charge in [-0.2, -0.15) is 0 Å². The lowest BCUT2D eigenvalue weighted by atomic mass is 10.1. The Hall–Kier alpha value is -1.61. The van der Waals surface area contributed by atoms with E-state index in [1.54, 1.807) is 0 Å². The molecule has 0 spiro atoms. The zero-order chi connectivity index (χ0) is 15.1. The van der Waals surface area contributed by atoms with Gasteiger partial charge in [-0.15, -0.1) is 0 Å². The van der Waals surface area contributed by atoms with Crippen molar-refractivity contribution in [3.63, 3.8) is 0 Å². The van der Waals surface area contributed by atoms with Crippen LogP contribution in [0.3, 0.4) is 0 Å². The van der Waals surface area contributed by atoms with Crippen LogP contribution < -0.4 is 4.90 Å². The zero-order valence-electron chi connectivity index (χ0n) is 12.9. The summed E-state index contributed by atoms with van der Waals surface area (Å²) in [5.74, 6) is 2.29. The molecular weight excluding hydrogens is 282 g/mol. The van der Waals surface area contributed by atoms with Gasteiger partial charge in [-0.3, -0.25) is 0 Å². The summed E-state index contributed by atoms with van der Waals surface area (Å²) >= 11 is 6.31. The van der Waals surface area contributed by atoms with E-state index in [0.29, 0.717) is 11.1 Å². The summed E-state index contributed by atoms with van der Waals surface area (Å²) in [6, 6.07) is 6.51. The van der Waals surface area contributed by atoms with Crippen molar-refractivity contribution in [1.29, 1.82) is 0 Å². The highest BCUT2D eigenvalue weighted by Gasteiger charge is 2.28. The van der Waals surface area contributed by atoms with E-state index in [4.69, 9.17) is 16.6 Å². The van der Waals surface area contributed by atoms with E-state index in [1.807, 2.05) is 14.0 Å². The van der Waals surface area contributed by atoms with Crippen LogP contribution in [0.15, 0.2) is 18.2 Å². The third-order valence-corrected chi connectivity index (χ3v) is 4.30. The largest absolute Gasteiger partial charge is 0.329 e. The minimum Gasteiger partial charge on any atom is -0.329 e. The van der Waals surface area contributed by atoms with Gasteiger partial charge in [-0.1, -0.05) is 17.7 Å².